The lowest BCUT2D eigenvalue weighted by atomic mass is 9.89. The Morgan fingerprint density at radius 1 is 0.643 bits per heavy atom. The molecule has 0 radical (unpaired) electrons. The molecule has 4 rings (SSSR count). The van der Waals surface area contributed by atoms with E-state index in [1.807, 2.05) is 96.1 Å². The van der Waals surface area contributed by atoms with Crippen molar-refractivity contribution >= 4 is 22.6 Å². The van der Waals surface area contributed by atoms with Gasteiger partial charge in [-0.15, -0.1) is 0 Å². The van der Waals surface area contributed by atoms with Crippen molar-refractivity contribution in [3.8, 4) is 0 Å². The molecule has 0 fully saturated rings. The molecule has 3 aromatic carbocycles. The summed E-state index contributed by atoms with van der Waals surface area (Å²) in [5.74, 6) is -0.432. The number of carbonyl (C=O) groups excluding carboxylic acids is 2. The van der Waals surface area contributed by atoms with Gasteiger partial charge in [-0.1, -0.05) is 70.2 Å². The van der Waals surface area contributed by atoms with Gasteiger partial charge in [-0.25, -0.2) is 0 Å². The Bertz CT molecular complexity index is 934. The van der Waals surface area contributed by atoms with Crippen LogP contribution in [-0.4, -0.2) is 16.7 Å². The van der Waals surface area contributed by atoms with Gasteiger partial charge in [0.2, 0.25) is 0 Å². The van der Waals surface area contributed by atoms with E-state index in [4.69, 9.17) is 0 Å². The summed E-state index contributed by atoms with van der Waals surface area (Å²) in [7, 11) is 0. The third-order valence-corrected chi connectivity index (χ3v) is 4.71. The average molecular weight is 376 g/mol. The molecule has 2 amide bonds. The smallest absolute Gasteiger partial charge is 0.261 e. The fourth-order valence-electron chi connectivity index (χ4n) is 3.52. The van der Waals surface area contributed by atoms with E-state index in [2.05, 4.69) is 0 Å². The maximum atomic E-state index is 12.9. The standard InChI is InChI=1S/C21H17NO2.2C2H6/c1-13-8-10-16-19-17(11-9-14(2)18(13)19)21(24)22(20(16)23)12-15-6-4-3-5-7-15;2*1-2/h3-11H,12H2,1-2H3;2*1-2H3. The van der Waals surface area contributed by atoms with Crippen LogP contribution in [0.4, 0.5) is 0 Å². The lowest BCUT2D eigenvalue weighted by molar-refractivity contribution is 0.0598. The number of amides is 2. The minimum Gasteiger partial charge on any atom is -0.270 e. The highest BCUT2D eigenvalue weighted by molar-refractivity contribution is 6.26. The molecule has 0 saturated carbocycles. The lowest BCUT2D eigenvalue weighted by Gasteiger charge is -2.28. The molecular weight excluding hydrogens is 346 g/mol. The van der Waals surface area contributed by atoms with Gasteiger partial charge < -0.3 is 0 Å². The summed E-state index contributed by atoms with van der Waals surface area (Å²) in [6.07, 6.45) is 0. The second kappa shape index (κ2) is 9.32. The van der Waals surface area contributed by atoms with Gasteiger partial charge in [0.1, 0.15) is 0 Å². The first-order chi connectivity index (χ1) is 13.6. The van der Waals surface area contributed by atoms with Crippen LogP contribution in [0, 0.1) is 13.8 Å². The Morgan fingerprint density at radius 3 is 1.57 bits per heavy atom. The molecular formula is C25H29NO2. The van der Waals surface area contributed by atoms with Crippen molar-refractivity contribution in [1.29, 1.82) is 0 Å². The maximum absolute atomic E-state index is 12.9. The molecule has 0 atom stereocenters. The van der Waals surface area contributed by atoms with Crippen LogP contribution in [0.2, 0.25) is 0 Å². The summed E-state index contributed by atoms with van der Waals surface area (Å²) < 4.78 is 0. The average Bonchev–Trinajstić information content (AvgIpc) is 2.74. The lowest BCUT2D eigenvalue weighted by Crippen LogP contribution is -2.39. The van der Waals surface area contributed by atoms with E-state index in [-0.39, 0.29) is 11.8 Å². The first kappa shape index (κ1) is 21.4. The van der Waals surface area contributed by atoms with E-state index in [9.17, 15) is 9.59 Å². The number of hydrogen-bond acceptors (Lipinski definition) is 2. The first-order valence-electron chi connectivity index (χ1n) is 10.0. The van der Waals surface area contributed by atoms with Crippen LogP contribution >= 0.6 is 0 Å². The monoisotopic (exact) mass is 375 g/mol. The summed E-state index contributed by atoms with van der Waals surface area (Å²) in [4.78, 5) is 27.2. The van der Waals surface area contributed by atoms with Crippen molar-refractivity contribution in [1.82, 2.24) is 4.90 Å². The number of rotatable bonds is 2. The zero-order valence-corrected chi connectivity index (χ0v) is 17.7. The highest BCUT2D eigenvalue weighted by Crippen LogP contribution is 2.34. The van der Waals surface area contributed by atoms with E-state index in [1.165, 1.54) is 4.90 Å². The second-order valence-electron chi connectivity index (χ2n) is 6.29. The molecule has 1 aliphatic rings. The summed E-state index contributed by atoms with van der Waals surface area (Å²) in [5.41, 5.74) is 4.35. The van der Waals surface area contributed by atoms with Crippen LogP contribution < -0.4 is 0 Å². The Kier molecular flexibility index (Phi) is 7.11. The van der Waals surface area contributed by atoms with Gasteiger partial charge in [-0.3, -0.25) is 14.5 Å². The molecule has 28 heavy (non-hydrogen) atoms. The number of benzene rings is 3. The van der Waals surface area contributed by atoms with E-state index >= 15 is 0 Å². The predicted octanol–water partition coefficient (Wildman–Crippen LogP) is 6.31. The maximum Gasteiger partial charge on any atom is 0.261 e. The third kappa shape index (κ3) is 3.70. The molecule has 0 aromatic heterocycles. The molecule has 0 N–H and O–H groups in total. The number of hydrogen-bond donors (Lipinski definition) is 0. The molecule has 3 nitrogen and oxygen atoms in total. The normalized spacial score (nSPS) is 12.1. The van der Waals surface area contributed by atoms with Crippen molar-refractivity contribution in [2.45, 2.75) is 48.1 Å². The first-order valence-corrected chi connectivity index (χ1v) is 10.0. The predicted molar refractivity (Wildman–Crippen MR) is 117 cm³/mol. The fraction of sp³-hybridized carbons (Fsp3) is 0.280. The van der Waals surface area contributed by atoms with Crippen LogP contribution in [0.25, 0.3) is 10.8 Å². The molecule has 146 valence electrons. The highest BCUT2D eigenvalue weighted by atomic mass is 16.2. The topological polar surface area (TPSA) is 37.4 Å². The van der Waals surface area contributed by atoms with Crippen molar-refractivity contribution in [2.75, 3.05) is 0 Å². The molecule has 3 aromatic rings. The number of imide groups is 1. The molecule has 0 saturated heterocycles. The molecule has 1 aliphatic heterocycles. The van der Waals surface area contributed by atoms with Crippen molar-refractivity contribution in [2.24, 2.45) is 0 Å². The number of aryl methyl sites for hydroxylation is 2. The molecule has 0 aliphatic carbocycles. The Morgan fingerprint density at radius 2 is 1.11 bits per heavy atom. The molecule has 1 heterocycles. The van der Waals surface area contributed by atoms with E-state index in [0.717, 1.165) is 27.5 Å². The molecule has 3 heteroatoms. The third-order valence-electron chi connectivity index (χ3n) is 4.71. The summed E-state index contributed by atoms with van der Waals surface area (Å²) in [5, 5.41) is 1.82. The van der Waals surface area contributed by atoms with Gasteiger partial charge in [0.25, 0.3) is 11.8 Å². The fourth-order valence-corrected chi connectivity index (χ4v) is 3.52. The van der Waals surface area contributed by atoms with Crippen LogP contribution in [0.3, 0.4) is 0 Å². The van der Waals surface area contributed by atoms with Crippen molar-refractivity contribution in [3.63, 3.8) is 0 Å². The SMILES string of the molecule is CC.CC.Cc1ccc2c3c(ccc(C)c13)C(=O)N(Cc1ccccc1)C2=O. The highest BCUT2D eigenvalue weighted by Gasteiger charge is 2.33. The number of nitrogens with zero attached hydrogens (tertiary/aromatic N) is 1. The quantitative estimate of drug-likeness (QED) is 0.493. The van der Waals surface area contributed by atoms with E-state index in [1.54, 1.807) is 0 Å². The van der Waals surface area contributed by atoms with Crippen molar-refractivity contribution in [3.05, 3.63) is 82.4 Å². The Labute approximate surface area is 168 Å². The zero-order chi connectivity index (χ0) is 20.8. The minimum atomic E-state index is -0.216. The molecule has 0 bridgehead atoms. The summed E-state index contributed by atoms with van der Waals surface area (Å²) in [6, 6.07) is 17.2. The minimum absolute atomic E-state index is 0.216. The largest absolute Gasteiger partial charge is 0.270 e. The van der Waals surface area contributed by atoms with E-state index in [0.29, 0.717) is 17.7 Å². The van der Waals surface area contributed by atoms with Gasteiger partial charge >= 0.3 is 0 Å². The Hall–Kier alpha value is -2.94. The van der Waals surface area contributed by atoms with Gasteiger partial charge in [-0.05, 0) is 48.1 Å². The summed E-state index contributed by atoms with van der Waals surface area (Å²) in [6.45, 7) is 12.3. The number of carbonyl (C=O) groups is 2. The van der Waals surface area contributed by atoms with E-state index < -0.39 is 0 Å². The van der Waals surface area contributed by atoms with Crippen LogP contribution in [-0.2, 0) is 6.54 Å². The van der Waals surface area contributed by atoms with Crippen LogP contribution in [0.5, 0.6) is 0 Å². The van der Waals surface area contributed by atoms with Gasteiger partial charge in [0, 0.05) is 16.5 Å². The van der Waals surface area contributed by atoms with Crippen LogP contribution in [0.15, 0.2) is 54.6 Å². The van der Waals surface area contributed by atoms with Gasteiger partial charge in [0.15, 0.2) is 0 Å². The Balaban J connectivity index is 0.000000660. The van der Waals surface area contributed by atoms with Crippen LogP contribution in [0.1, 0.15) is 65.1 Å². The molecule has 0 unspecified atom stereocenters. The van der Waals surface area contributed by atoms with Gasteiger partial charge in [0.05, 0.1) is 6.54 Å². The zero-order valence-electron chi connectivity index (χ0n) is 17.7. The van der Waals surface area contributed by atoms with Crippen molar-refractivity contribution < 1.29 is 9.59 Å². The second-order valence-corrected chi connectivity index (χ2v) is 6.29. The van der Waals surface area contributed by atoms with Gasteiger partial charge in [-0.2, -0.15) is 0 Å². The molecule has 0 spiro atoms. The summed E-state index contributed by atoms with van der Waals surface area (Å²) >= 11 is 0.